The first-order valence-corrected chi connectivity index (χ1v) is 12.6. The average Bonchev–Trinajstić information content (AvgIpc) is 3.38. The van der Waals surface area contributed by atoms with Gasteiger partial charge in [0.25, 0.3) is 0 Å². The number of aromatic hydroxyl groups is 1. The molecule has 36 heavy (non-hydrogen) atoms. The summed E-state index contributed by atoms with van der Waals surface area (Å²) in [6.45, 7) is 4.73. The first kappa shape index (κ1) is 24.4. The third-order valence-electron chi connectivity index (χ3n) is 7.74. The molecule has 5 rings (SSSR count). The summed E-state index contributed by atoms with van der Waals surface area (Å²) >= 11 is 0. The third-order valence-corrected chi connectivity index (χ3v) is 7.74. The molecule has 0 unspecified atom stereocenters. The molecule has 1 saturated heterocycles. The molecule has 0 aliphatic carbocycles. The average molecular weight is 490 g/mol. The smallest absolute Gasteiger partial charge is 0.223 e. The van der Waals surface area contributed by atoms with Gasteiger partial charge in [0.05, 0.1) is 19.9 Å². The summed E-state index contributed by atoms with van der Waals surface area (Å²) in [7, 11) is 5.27. The molecular formula is C29H35N3O4. The highest BCUT2D eigenvalue weighted by molar-refractivity contribution is 5.48. The maximum atomic E-state index is 12.7. The molecule has 0 spiro atoms. The minimum atomic E-state index is -0.305. The molecule has 190 valence electrons. The van der Waals surface area contributed by atoms with Gasteiger partial charge in [-0.3, -0.25) is 14.6 Å². The molecule has 3 aromatic rings. The molecule has 0 saturated carbocycles. The van der Waals surface area contributed by atoms with Gasteiger partial charge < -0.3 is 19.1 Å². The van der Waals surface area contributed by atoms with Gasteiger partial charge in [-0.1, -0.05) is 30.3 Å². The van der Waals surface area contributed by atoms with Crippen LogP contribution in [-0.4, -0.2) is 53.3 Å². The summed E-state index contributed by atoms with van der Waals surface area (Å²) in [6, 6.07) is 16.3. The van der Waals surface area contributed by atoms with Gasteiger partial charge in [-0.2, -0.15) is 0 Å². The van der Waals surface area contributed by atoms with E-state index in [1.807, 2.05) is 17.7 Å². The first-order valence-electron chi connectivity index (χ1n) is 12.6. The number of hydrogen-bond acceptors (Lipinski definition) is 6. The monoisotopic (exact) mass is 489 g/mol. The fraction of sp³-hybridized carbons (Fsp3) is 0.414. The van der Waals surface area contributed by atoms with E-state index in [0.29, 0.717) is 24.7 Å². The SMILES string of the molecule is COc1cc2c(cc1OC)CN(Cc1cc(=O)c(O)c(CN3CC[C@@H](c4ccccc4)C3)n1C)CC2. The lowest BCUT2D eigenvalue weighted by Gasteiger charge is -2.30. The lowest BCUT2D eigenvalue weighted by Crippen LogP contribution is -2.32. The van der Waals surface area contributed by atoms with Crippen LogP contribution < -0.4 is 14.9 Å². The molecule has 1 N–H and O–H groups in total. The van der Waals surface area contributed by atoms with Crippen LogP contribution in [0.5, 0.6) is 17.2 Å². The number of aromatic nitrogens is 1. The van der Waals surface area contributed by atoms with Crippen LogP contribution in [0.2, 0.25) is 0 Å². The van der Waals surface area contributed by atoms with Crippen molar-refractivity contribution in [2.24, 2.45) is 7.05 Å². The first-order chi connectivity index (χ1) is 17.5. The van der Waals surface area contributed by atoms with E-state index < -0.39 is 0 Å². The number of fused-ring (bicyclic) bond motifs is 1. The maximum absolute atomic E-state index is 12.7. The van der Waals surface area contributed by atoms with Crippen LogP contribution in [0, 0.1) is 0 Å². The topological polar surface area (TPSA) is 67.2 Å². The minimum Gasteiger partial charge on any atom is -0.503 e. The Morgan fingerprint density at radius 2 is 1.67 bits per heavy atom. The number of nitrogens with zero attached hydrogens (tertiary/aromatic N) is 3. The van der Waals surface area contributed by atoms with Crippen LogP contribution in [-0.2, 0) is 33.1 Å². The van der Waals surface area contributed by atoms with Crippen LogP contribution in [0.4, 0.5) is 0 Å². The third kappa shape index (κ3) is 4.86. The molecule has 1 atom stereocenters. The van der Waals surface area contributed by atoms with Gasteiger partial charge in [-0.15, -0.1) is 0 Å². The van der Waals surface area contributed by atoms with E-state index in [-0.39, 0.29) is 11.2 Å². The van der Waals surface area contributed by atoms with Gasteiger partial charge >= 0.3 is 0 Å². The Bertz CT molecular complexity index is 1290. The molecule has 0 amide bonds. The highest BCUT2D eigenvalue weighted by Crippen LogP contribution is 2.34. The Balaban J connectivity index is 1.32. The van der Waals surface area contributed by atoms with Crippen molar-refractivity contribution in [1.29, 1.82) is 0 Å². The van der Waals surface area contributed by atoms with Crippen molar-refractivity contribution in [3.63, 3.8) is 0 Å². The van der Waals surface area contributed by atoms with Crippen molar-refractivity contribution in [1.82, 2.24) is 14.4 Å². The lowest BCUT2D eigenvalue weighted by atomic mass is 9.98. The fourth-order valence-electron chi connectivity index (χ4n) is 5.61. The van der Waals surface area contributed by atoms with Crippen LogP contribution in [0.25, 0.3) is 0 Å². The number of ether oxygens (including phenoxy) is 2. The van der Waals surface area contributed by atoms with E-state index >= 15 is 0 Å². The quantitative estimate of drug-likeness (QED) is 0.547. The van der Waals surface area contributed by atoms with Crippen molar-refractivity contribution in [2.75, 3.05) is 33.9 Å². The zero-order chi connectivity index (χ0) is 25.2. The second-order valence-electron chi connectivity index (χ2n) is 9.92. The highest BCUT2D eigenvalue weighted by Gasteiger charge is 2.26. The standard InChI is InChI=1S/C29H35N3O4/c1-30-24(18-31-11-9-21-13-27(35-2)28(36-3)14-23(21)17-31)15-26(33)29(34)25(30)19-32-12-10-22(16-32)20-7-5-4-6-8-20/h4-8,13-15,22,34H,9-12,16-19H2,1-3H3/t22-/m1/s1. The Hall–Kier alpha value is -3.29. The predicted molar refractivity (Wildman–Crippen MR) is 140 cm³/mol. The number of hydrogen-bond donors (Lipinski definition) is 1. The van der Waals surface area contributed by atoms with E-state index in [9.17, 15) is 9.90 Å². The van der Waals surface area contributed by atoms with E-state index in [2.05, 4.69) is 46.2 Å². The molecule has 0 bridgehead atoms. The van der Waals surface area contributed by atoms with Crippen molar-refractivity contribution < 1.29 is 14.6 Å². The zero-order valence-electron chi connectivity index (χ0n) is 21.4. The molecule has 7 nitrogen and oxygen atoms in total. The lowest BCUT2D eigenvalue weighted by molar-refractivity contribution is 0.236. The zero-order valence-corrected chi connectivity index (χ0v) is 21.4. The largest absolute Gasteiger partial charge is 0.503 e. The van der Waals surface area contributed by atoms with Gasteiger partial charge in [0.2, 0.25) is 5.43 Å². The Kier molecular flexibility index (Phi) is 7.03. The van der Waals surface area contributed by atoms with E-state index in [4.69, 9.17) is 9.47 Å². The van der Waals surface area contributed by atoms with Crippen molar-refractivity contribution in [3.8, 4) is 17.2 Å². The van der Waals surface area contributed by atoms with Crippen LogP contribution >= 0.6 is 0 Å². The fourth-order valence-corrected chi connectivity index (χ4v) is 5.61. The van der Waals surface area contributed by atoms with Gasteiger partial charge in [0.15, 0.2) is 17.2 Å². The predicted octanol–water partition coefficient (Wildman–Crippen LogP) is 3.66. The molecule has 1 fully saturated rings. The number of pyridine rings is 1. The molecule has 3 heterocycles. The Morgan fingerprint density at radius 1 is 0.944 bits per heavy atom. The summed E-state index contributed by atoms with van der Waals surface area (Å²) in [5.74, 6) is 1.84. The van der Waals surface area contributed by atoms with Crippen molar-refractivity contribution in [3.05, 3.63) is 86.8 Å². The van der Waals surface area contributed by atoms with Gasteiger partial charge in [-0.05, 0) is 54.1 Å². The molecule has 1 aromatic heterocycles. The molecule has 2 aliphatic rings. The van der Waals surface area contributed by atoms with E-state index in [1.165, 1.54) is 16.7 Å². The van der Waals surface area contributed by atoms with Crippen LogP contribution in [0.3, 0.4) is 0 Å². The number of rotatable bonds is 7. The van der Waals surface area contributed by atoms with Gasteiger partial charge in [0.1, 0.15) is 0 Å². The van der Waals surface area contributed by atoms with Gasteiger partial charge in [-0.25, -0.2) is 0 Å². The number of methoxy groups -OCH3 is 2. The second-order valence-corrected chi connectivity index (χ2v) is 9.92. The molecule has 2 aromatic carbocycles. The summed E-state index contributed by atoms with van der Waals surface area (Å²) in [5.41, 5.74) is 5.14. The number of benzene rings is 2. The van der Waals surface area contributed by atoms with E-state index in [0.717, 1.165) is 56.2 Å². The summed E-state index contributed by atoms with van der Waals surface area (Å²) in [6.07, 6.45) is 1.99. The maximum Gasteiger partial charge on any atom is 0.223 e. The van der Waals surface area contributed by atoms with Gasteiger partial charge in [0, 0.05) is 51.5 Å². The minimum absolute atomic E-state index is 0.134. The number of likely N-dealkylation sites (tertiary alicyclic amines) is 1. The van der Waals surface area contributed by atoms with Crippen molar-refractivity contribution in [2.45, 2.75) is 38.4 Å². The Labute approximate surface area is 212 Å². The Morgan fingerprint density at radius 3 is 2.39 bits per heavy atom. The summed E-state index contributed by atoms with van der Waals surface area (Å²) in [5, 5.41) is 10.7. The normalized spacial score (nSPS) is 18.2. The second kappa shape index (κ2) is 10.4. The summed E-state index contributed by atoms with van der Waals surface area (Å²) in [4.78, 5) is 17.4. The highest BCUT2D eigenvalue weighted by atomic mass is 16.5. The van der Waals surface area contributed by atoms with Crippen LogP contribution in [0.1, 0.15) is 40.4 Å². The van der Waals surface area contributed by atoms with E-state index in [1.54, 1.807) is 20.3 Å². The molecule has 0 radical (unpaired) electrons. The summed E-state index contributed by atoms with van der Waals surface area (Å²) < 4.78 is 13.0. The van der Waals surface area contributed by atoms with Crippen LogP contribution in [0.15, 0.2) is 53.3 Å². The molecular weight excluding hydrogens is 454 g/mol. The molecule has 2 aliphatic heterocycles. The molecule has 7 heteroatoms. The van der Waals surface area contributed by atoms with Crippen molar-refractivity contribution >= 4 is 0 Å².